The minimum absolute atomic E-state index is 0.0829. The zero-order valence-corrected chi connectivity index (χ0v) is 22.9. The molecule has 37 heavy (non-hydrogen) atoms. The summed E-state index contributed by atoms with van der Waals surface area (Å²) >= 11 is 0. The summed E-state index contributed by atoms with van der Waals surface area (Å²) in [5.41, 5.74) is 2.36. The van der Waals surface area contributed by atoms with Crippen LogP contribution in [-0.2, 0) is 16.6 Å². The molecule has 0 saturated carbocycles. The monoisotopic (exact) mass is 532 g/mol. The van der Waals surface area contributed by atoms with Gasteiger partial charge in [-0.2, -0.15) is 13.5 Å². The fourth-order valence-corrected chi connectivity index (χ4v) is 4.77. The number of halogens is 1. The lowest BCUT2D eigenvalue weighted by Gasteiger charge is -2.19. The number of carbonyl (C=O) groups excluding carboxylic acids is 1. The van der Waals surface area contributed by atoms with E-state index in [0.717, 1.165) is 0 Å². The molecule has 0 aliphatic carbocycles. The van der Waals surface area contributed by atoms with Crippen molar-refractivity contribution in [2.24, 2.45) is 0 Å². The second-order valence-corrected chi connectivity index (χ2v) is 11.1. The average molecular weight is 533 g/mol. The van der Waals surface area contributed by atoms with E-state index in [0.29, 0.717) is 34.8 Å². The number of hydrogen-bond donors (Lipinski definition) is 2. The molecule has 2 N–H and O–H groups in total. The number of methoxy groups -OCH3 is 1. The molecule has 3 aromatic rings. The molecule has 2 amide bonds. The standard InChI is InChI=1S/C25H33FN6O4S/c1-15(2)20-11-18(26)12-21(17-8-9-27-22(10-17)36-7)24(20)28-25(33)30-37(34,35)23-13-19(14-31(5)6)32(29-23)16(3)4/h8-13,15-16H,14H2,1-7H3,(H2,28,30,33). The quantitative estimate of drug-likeness (QED) is 0.420. The first-order valence-electron chi connectivity index (χ1n) is 11.7. The molecule has 0 bridgehead atoms. The van der Waals surface area contributed by atoms with Crippen LogP contribution >= 0.6 is 0 Å². The molecular formula is C25H33FN6O4S. The lowest BCUT2D eigenvalue weighted by atomic mass is 9.94. The highest BCUT2D eigenvalue weighted by Crippen LogP contribution is 2.36. The molecule has 0 aliphatic heterocycles. The van der Waals surface area contributed by atoms with E-state index in [-0.39, 0.29) is 22.7 Å². The van der Waals surface area contributed by atoms with Crippen LogP contribution < -0.4 is 14.8 Å². The summed E-state index contributed by atoms with van der Waals surface area (Å²) in [6.45, 7) is 7.94. The first kappa shape index (κ1) is 28.1. The predicted octanol–water partition coefficient (Wildman–Crippen LogP) is 4.37. The first-order chi connectivity index (χ1) is 17.3. The number of sulfonamides is 1. The minimum Gasteiger partial charge on any atom is -0.481 e. The van der Waals surface area contributed by atoms with Crippen LogP contribution in [0.5, 0.6) is 5.88 Å². The highest BCUT2D eigenvalue weighted by Gasteiger charge is 2.26. The van der Waals surface area contributed by atoms with Gasteiger partial charge in [0.1, 0.15) is 5.82 Å². The Morgan fingerprint density at radius 2 is 1.86 bits per heavy atom. The molecule has 0 unspecified atom stereocenters. The Morgan fingerprint density at radius 1 is 1.16 bits per heavy atom. The van der Waals surface area contributed by atoms with E-state index in [4.69, 9.17) is 4.74 Å². The van der Waals surface area contributed by atoms with Gasteiger partial charge in [-0.15, -0.1) is 0 Å². The summed E-state index contributed by atoms with van der Waals surface area (Å²) < 4.78 is 49.5. The van der Waals surface area contributed by atoms with Crippen molar-refractivity contribution in [1.82, 2.24) is 24.4 Å². The fourth-order valence-electron chi connectivity index (χ4n) is 3.88. The molecule has 2 aromatic heterocycles. The van der Waals surface area contributed by atoms with Crippen molar-refractivity contribution in [3.63, 3.8) is 0 Å². The van der Waals surface area contributed by atoms with Crippen LogP contribution in [0.2, 0.25) is 0 Å². The van der Waals surface area contributed by atoms with Gasteiger partial charge < -0.3 is 15.0 Å². The lowest BCUT2D eigenvalue weighted by Crippen LogP contribution is -2.35. The summed E-state index contributed by atoms with van der Waals surface area (Å²) in [4.78, 5) is 19.0. The van der Waals surface area contributed by atoms with Gasteiger partial charge >= 0.3 is 6.03 Å². The summed E-state index contributed by atoms with van der Waals surface area (Å²) in [5, 5.41) is 6.58. The zero-order valence-electron chi connectivity index (χ0n) is 22.0. The van der Waals surface area contributed by atoms with E-state index in [1.54, 1.807) is 16.8 Å². The van der Waals surface area contributed by atoms with Gasteiger partial charge in [-0.1, -0.05) is 13.8 Å². The molecule has 200 valence electrons. The van der Waals surface area contributed by atoms with E-state index < -0.39 is 21.9 Å². The Morgan fingerprint density at radius 3 is 2.46 bits per heavy atom. The number of amides is 2. The van der Waals surface area contributed by atoms with E-state index in [1.165, 1.54) is 31.5 Å². The van der Waals surface area contributed by atoms with Gasteiger partial charge in [0.05, 0.1) is 18.5 Å². The number of ether oxygens (including phenoxy) is 1. The van der Waals surface area contributed by atoms with Crippen LogP contribution in [0.3, 0.4) is 0 Å². The largest absolute Gasteiger partial charge is 0.481 e. The number of hydrogen-bond acceptors (Lipinski definition) is 7. The molecule has 1 aromatic carbocycles. The zero-order chi connectivity index (χ0) is 27.5. The van der Waals surface area contributed by atoms with Crippen molar-refractivity contribution >= 4 is 21.7 Å². The van der Waals surface area contributed by atoms with Crippen LogP contribution in [0, 0.1) is 5.82 Å². The van der Waals surface area contributed by atoms with Crippen molar-refractivity contribution < 1.29 is 22.3 Å². The Balaban J connectivity index is 1.98. The maximum atomic E-state index is 14.6. The molecule has 10 nitrogen and oxygen atoms in total. The molecule has 0 aliphatic rings. The van der Waals surface area contributed by atoms with E-state index >= 15 is 0 Å². The van der Waals surface area contributed by atoms with Gasteiger partial charge in [0.2, 0.25) is 5.88 Å². The first-order valence-corrected chi connectivity index (χ1v) is 13.2. The fraction of sp³-hybridized carbons (Fsp3) is 0.400. The molecular weight excluding hydrogens is 499 g/mol. The summed E-state index contributed by atoms with van der Waals surface area (Å²) in [6.07, 6.45) is 1.50. The number of carbonyl (C=O) groups is 1. The molecule has 0 saturated heterocycles. The number of urea groups is 1. The maximum absolute atomic E-state index is 14.6. The second-order valence-electron chi connectivity index (χ2n) is 9.47. The van der Waals surface area contributed by atoms with Gasteiger partial charge in [-0.25, -0.2) is 18.9 Å². The lowest BCUT2D eigenvalue weighted by molar-refractivity contribution is 0.256. The smallest absolute Gasteiger partial charge is 0.333 e. The number of pyridine rings is 1. The minimum atomic E-state index is -4.30. The molecule has 2 heterocycles. The van der Waals surface area contributed by atoms with Crippen molar-refractivity contribution in [2.45, 2.75) is 51.2 Å². The third-order valence-electron chi connectivity index (χ3n) is 5.51. The SMILES string of the molecule is COc1cc(-c2cc(F)cc(C(C)C)c2NC(=O)NS(=O)(=O)c2cc(CN(C)C)n(C(C)C)n2)ccn1. The topological polar surface area (TPSA) is 118 Å². The Bertz CT molecular complexity index is 1390. The van der Waals surface area contributed by atoms with Crippen molar-refractivity contribution in [1.29, 1.82) is 0 Å². The summed E-state index contributed by atoms with van der Waals surface area (Å²) in [7, 11) is 0.888. The molecule has 12 heteroatoms. The van der Waals surface area contributed by atoms with Gasteiger partial charge in [0.15, 0.2) is 5.03 Å². The Hall–Kier alpha value is -3.51. The van der Waals surface area contributed by atoms with E-state index in [1.807, 2.05) is 51.4 Å². The second kappa shape index (κ2) is 11.3. The number of benzene rings is 1. The van der Waals surface area contributed by atoms with Crippen LogP contribution in [0.4, 0.5) is 14.9 Å². The molecule has 0 radical (unpaired) electrons. The van der Waals surface area contributed by atoms with Crippen molar-refractivity contribution in [3.8, 4) is 17.0 Å². The third-order valence-corrected chi connectivity index (χ3v) is 6.71. The normalized spacial score (nSPS) is 11.9. The van der Waals surface area contributed by atoms with E-state index in [2.05, 4.69) is 15.4 Å². The summed E-state index contributed by atoms with van der Waals surface area (Å²) in [5.74, 6) is -0.374. The predicted molar refractivity (Wildman–Crippen MR) is 140 cm³/mol. The van der Waals surface area contributed by atoms with Gasteiger partial charge in [-0.3, -0.25) is 4.68 Å². The molecule has 0 spiro atoms. The maximum Gasteiger partial charge on any atom is 0.333 e. The van der Waals surface area contributed by atoms with Crippen molar-refractivity contribution in [3.05, 3.63) is 53.6 Å². The highest BCUT2D eigenvalue weighted by atomic mass is 32.2. The number of nitrogens with one attached hydrogen (secondary N) is 2. The third kappa shape index (κ3) is 6.63. The summed E-state index contributed by atoms with van der Waals surface area (Å²) in [6, 6.07) is 6.19. The van der Waals surface area contributed by atoms with Gasteiger partial charge in [0.25, 0.3) is 10.0 Å². The van der Waals surface area contributed by atoms with Gasteiger partial charge in [-0.05, 0) is 63.2 Å². The van der Waals surface area contributed by atoms with Crippen LogP contribution in [0.1, 0.15) is 50.9 Å². The van der Waals surface area contributed by atoms with Crippen LogP contribution in [0.15, 0.2) is 41.6 Å². The Labute approximate surface area is 216 Å². The van der Waals surface area contributed by atoms with Crippen LogP contribution in [-0.4, -0.2) is 55.3 Å². The molecule has 0 atom stereocenters. The number of aromatic nitrogens is 3. The molecule has 3 rings (SSSR count). The van der Waals surface area contributed by atoms with Gasteiger partial charge in [0, 0.05) is 36.5 Å². The van der Waals surface area contributed by atoms with Crippen LogP contribution in [0.25, 0.3) is 11.1 Å². The number of nitrogens with zero attached hydrogens (tertiary/aromatic N) is 4. The average Bonchev–Trinajstić information content (AvgIpc) is 3.24. The Kier molecular flexibility index (Phi) is 8.54. The van der Waals surface area contributed by atoms with Crippen molar-refractivity contribution in [2.75, 3.05) is 26.5 Å². The number of anilines is 1. The number of rotatable bonds is 9. The van der Waals surface area contributed by atoms with E-state index in [9.17, 15) is 17.6 Å². The molecule has 0 fully saturated rings. The highest BCUT2D eigenvalue weighted by molar-refractivity contribution is 7.90.